The highest BCUT2D eigenvalue weighted by molar-refractivity contribution is 5.87. The number of pyridine rings is 1. The molecule has 7 heteroatoms. The second kappa shape index (κ2) is 7.35. The summed E-state index contributed by atoms with van der Waals surface area (Å²) in [5.41, 5.74) is 1.52. The standard InChI is InChI=1S/C16H19N3O4/c1-10(20)18-15-6-5-11(9-17-15)19-12-7-13(21-2)16(23-4)14(8-12)22-3/h5-9,19H,1-4H3,(H,17,18,20). The zero-order chi connectivity index (χ0) is 16.8. The number of carbonyl (C=O) groups excluding carboxylic acids is 1. The van der Waals surface area contributed by atoms with Crippen LogP contribution in [0.4, 0.5) is 17.2 Å². The molecule has 23 heavy (non-hydrogen) atoms. The van der Waals surface area contributed by atoms with E-state index >= 15 is 0 Å². The van der Waals surface area contributed by atoms with Crippen molar-refractivity contribution in [3.63, 3.8) is 0 Å². The fourth-order valence-corrected chi connectivity index (χ4v) is 2.04. The van der Waals surface area contributed by atoms with E-state index in [2.05, 4.69) is 15.6 Å². The molecule has 0 aliphatic heterocycles. The Kier molecular flexibility index (Phi) is 5.24. The van der Waals surface area contributed by atoms with E-state index in [-0.39, 0.29) is 5.91 Å². The molecule has 0 fully saturated rings. The molecule has 0 atom stereocenters. The molecular formula is C16H19N3O4. The van der Waals surface area contributed by atoms with Crippen LogP contribution in [0.2, 0.25) is 0 Å². The van der Waals surface area contributed by atoms with Crippen molar-refractivity contribution in [3.8, 4) is 17.2 Å². The SMILES string of the molecule is COc1cc(Nc2ccc(NC(C)=O)nc2)cc(OC)c1OC. The van der Waals surface area contributed by atoms with Gasteiger partial charge in [0.2, 0.25) is 11.7 Å². The van der Waals surface area contributed by atoms with Crippen molar-refractivity contribution in [2.45, 2.75) is 6.92 Å². The summed E-state index contributed by atoms with van der Waals surface area (Å²) in [5, 5.41) is 5.81. The Morgan fingerprint density at radius 2 is 1.65 bits per heavy atom. The number of ether oxygens (including phenoxy) is 3. The van der Waals surface area contributed by atoms with Crippen LogP contribution in [0.15, 0.2) is 30.5 Å². The van der Waals surface area contributed by atoms with Gasteiger partial charge in [0.15, 0.2) is 11.5 Å². The van der Waals surface area contributed by atoms with Gasteiger partial charge in [-0.05, 0) is 12.1 Å². The highest BCUT2D eigenvalue weighted by atomic mass is 16.5. The normalized spacial score (nSPS) is 9.91. The zero-order valence-corrected chi connectivity index (χ0v) is 13.5. The van der Waals surface area contributed by atoms with Crippen LogP contribution in [-0.2, 0) is 4.79 Å². The number of amides is 1. The van der Waals surface area contributed by atoms with Gasteiger partial charge >= 0.3 is 0 Å². The minimum absolute atomic E-state index is 0.164. The maximum atomic E-state index is 11.0. The molecule has 7 nitrogen and oxygen atoms in total. The fraction of sp³-hybridized carbons (Fsp3) is 0.250. The molecule has 122 valence electrons. The first-order valence-electron chi connectivity index (χ1n) is 6.88. The highest BCUT2D eigenvalue weighted by Crippen LogP contribution is 2.40. The van der Waals surface area contributed by atoms with Gasteiger partial charge in [0.05, 0.1) is 33.2 Å². The number of rotatable bonds is 6. The van der Waals surface area contributed by atoms with Gasteiger partial charge in [-0.15, -0.1) is 0 Å². The van der Waals surface area contributed by atoms with Crippen molar-refractivity contribution in [2.75, 3.05) is 32.0 Å². The van der Waals surface area contributed by atoms with Crippen LogP contribution in [0.1, 0.15) is 6.92 Å². The average Bonchev–Trinajstić information content (AvgIpc) is 2.55. The second-order valence-corrected chi connectivity index (χ2v) is 4.65. The predicted octanol–water partition coefficient (Wildman–Crippen LogP) is 2.81. The molecule has 0 bridgehead atoms. The molecule has 0 aliphatic rings. The van der Waals surface area contributed by atoms with Crippen molar-refractivity contribution in [1.82, 2.24) is 4.98 Å². The first-order chi connectivity index (χ1) is 11.1. The number of nitrogens with zero attached hydrogens (tertiary/aromatic N) is 1. The molecule has 0 aliphatic carbocycles. The summed E-state index contributed by atoms with van der Waals surface area (Å²) in [5.74, 6) is 1.96. The monoisotopic (exact) mass is 317 g/mol. The third-order valence-electron chi connectivity index (χ3n) is 3.02. The van der Waals surface area contributed by atoms with Gasteiger partial charge in [-0.3, -0.25) is 4.79 Å². The lowest BCUT2D eigenvalue weighted by molar-refractivity contribution is -0.114. The van der Waals surface area contributed by atoms with E-state index in [1.807, 2.05) is 6.07 Å². The number of aromatic nitrogens is 1. The van der Waals surface area contributed by atoms with Crippen LogP contribution in [0.5, 0.6) is 17.2 Å². The van der Waals surface area contributed by atoms with Crippen LogP contribution in [0.25, 0.3) is 0 Å². The van der Waals surface area contributed by atoms with E-state index in [0.29, 0.717) is 23.1 Å². The first-order valence-corrected chi connectivity index (χ1v) is 6.88. The van der Waals surface area contributed by atoms with Gasteiger partial charge in [-0.2, -0.15) is 0 Å². The van der Waals surface area contributed by atoms with Gasteiger partial charge in [-0.25, -0.2) is 4.98 Å². The first kappa shape index (κ1) is 16.4. The lowest BCUT2D eigenvalue weighted by atomic mass is 10.2. The molecular weight excluding hydrogens is 298 g/mol. The molecule has 0 saturated carbocycles. The zero-order valence-electron chi connectivity index (χ0n) is 13.5. The van der Waals surface area contributed by atoms with E-state index < -0.39 is 0 Å². The number of nitrogens with one attached hydrogen (secondary N) is 2. The molecule has 1 aromatic carbocycles. The molecule has 0 radical (unpaired) electrons. The topological polar surface area (TPSA) is 81.7 Å². The summed E-state index contributed by atoms with van der Waals surface area (Å²) in [7, 11) is 4.67. The fourth-order valence-electron chi connectivity index (χ4n) is 2.04. The Hall–Kier alpha value is -2.96. The molecule has 0 unspecified atom stereocenters. The van der Waals surface area contributed by atoms with Crippen molar-refractivity contribution in [3.05, 3.63) is 30.5 Å². The number of carbonyl (C=O) groups is 1. The Balaban J connectivity index is 2.24. The lowest BCUT2D eigenvalue weighted by Gasteiger charge is -2.15. The summed E-state index contributed by atoms with van der Waals surface area (Å²) in [6, 6.07) is 7.11. The number of benzene rings is 1. The van der Waals surface area contributed by atoms with Gasteiger partial charge < -0.3 is 24.8 Å². The molecule has 0 saturated heterocycles. The Labute approximate surface area is 134 Å². The molecule has 2 aromatic rings. The van der Waals surface area contributed by atoms with Crippen molar-refractivity contribution < 1.29 is 19.0 Å². The van der Waals surface area contributed by atoms with Crippen molar-refractivity contribution >= 4 is 23.1 Å². The molecule has 1 heterocycles. The van der Waals surface area contributed by atoms with E-state index in [4.69, 9.17) is 14.2 Å². The van der Waals surface area contributed by atoms with Gasteiger partial charge in [-0.1, -0.05) is 0 Å². The molecule has 2 rings (SSSR count). The lowest BCUT2D eigenvalue weighted by Crippen LogP contribution is -2.07. The summed E-state index contributed by atoms with van der Waals surface area (Å²) in [6.45, 7) is 1.43. The number of hydrogen-bond acceptors (Lipinski definition) is 6. The van der Waals surface area contributed by atoms with Gasteiger partial charge in [0, 0.05) is 24.7 Å². The van der Waals surface area contributed by atoms with Crippen molar-refractivity contribution in [2.24, 2.45) is 0 Å². The summed E-state index contributed by atoms with van der Waals surface area (Å²) in [4.78, 5) is 15.1. The second-order valence-electron chi connectivity index (χ2n) is 4.65. The minimum Gasteiger partial charge on any atom is -0.493 e. The van der Waals surface area contributed by atoms with Crippen molar-refractivity contribution in [1.29, 1.82) is 0 Å². The van der Waals surface area contributed by atoms with Crippen LogP contribution in [0.3, 0.4) is 0 Å². The quantitative estimate of drug-likeness (QED) is 0.852. The Morgan fingerprint density at radius 3 is 2.09 bits per heavy atom. The molecule has 1 amide bonds. The number of anilines is 3. The van der Waals surface area contributed by atoms with E-state index in [0.717, 1.165) is 11.4 Å². The highest BCUT2D eigenvalue weighted by Gasteiger charge is 2.13. The largest absolute Gasteiger partial charge is 0.493 e. The van der Waals surface area contributed by atoms with Gasteiger partial charge in [0.1, 0.15) is 5.82 Å². The molecule has 0 spiro atoms. The Morgan fingerprint density at radius 1 is 1.00 bits per heavy atom. The minimum atomic E-state index is -0.164. The predicted molar refractivity (Wildman–Crippen MR) is 87.9 cm³/mol. The van der Waals surface area contributed by atoms with E-state index in [1.165, 1.54) is 6.92 Å². The smallest absolute Gasteiger partial charge is 0.222 e. The number of methoxy groups -OCH3 is 3. The molecule has 2 N–H and O–H groups in total. The maximum absolute atomic E-state index is 11.0. The third-order valence-corrected chi connectivity index (χ3v) is 3.02. The summed E-state index contributed by atoms with van der Waals surface area (Å²) in [6.07, 6.45) is 1.62. The van der Waals surface area contributed by atoms with Gasteiger partial charge in [0.25, 0.3) is 0 Å². The summed E-state index contributed by atoms with van der Waals surface area (Å²) < 4.78 is 15.9. The Bertz CT molecular complexity index is 661. The van der Waals surface area contributed by atoms with Crippen LogP contribution < -0.4 is 24.8 Å². The van der Waals surface area contributed by atoms with Crippen LogP contribution >= 0.6 is 0 Å². The summed E-state index contributed by atoms with van der Waals surface area (Å²) >= 11 is 0. The van der Waals surface area contributed by atoms with E-state index in [1.54, 1.807) is 45.7 Å². The van der Waals surface area contributed by atoms with E-state index in [9.17, 15) is 4.79 Å². The number of hydrogen-bond donors (Lipinski definition) is 2. The van der Waals surface area contributed by atoms with Crippen LogP contribution in [-0.4, -0.2) is 32.2 Å². The third kappa shape index (κ3) is 4.03. The van der Waals surface area contributed by atoms with Crippen LogP contribution in [0, 0.1) is 0 Å². The molecule has 1 aromatic heterocycles. The maximum Gasteiger partial charge on any atom is 0.222 e. The average molecular weight is 317 g/mol.